The number of Topliss-reactive ketones (excluding diaryl/α,β-unsaturated/α-hetero) is 1. The molecular weight excluding hydrogens is 208 g/mol. The lowest BCUT2D eigenvalue weighted by molar-refractivity contribution is -0.118. The average molecular weight is 222 g/mol. The Labute approximate surface area is 100 Å². The molecule has 0 N–H and O–H groups in total. The third-order valence-corrected chi connectivity index (χ3v) is 4.54. The lowest BCUT2D eigenvalue weighted by Gasteiger charge is -2.12. The summed E-state index contributed by atoms with van der Waals surface area (Å²) in [4.78, 5) is 11.5. The zero-order valence-electron chi connectivity index (χ0n) is 9.65. The summed E-state index contributed by atoms with van der Waals surface area (Å²) in [6.45, 7) is 0. The van der Waals surface area contributed by atoms with Gasteiger partial charge in [0.2, 0.25) is 0 Å². The number of ketones is 1. The van der Waals surface area contributed by atoms with E-state index in [0.717, 1.165) is 12.8 Å². The van der Waals surface area contributed by atoms with Crippen LogP contribution in [0.15, 0.2) is 42.5 Å². The Morgan fingerprint density at radius 1 is 1.06 bits per heavy atom. The molecule has 2 saturated carbocycles. The molecule has 1 heteroatoms. The maximum absolute atomic E-state index is 11.5. The second-order valence-electron chi connectivity index (χ2n) is 5.54. The van der Waals surface area contributed by atoms with E-state index in [1.165, 1.54) is 22.8 Å². The Balaban J connectivity index is 1.85. The Kier molecular flexibility index (Phi) is 1.65. The number of hydrogen-bond acceptors (Lipinski definition) is 1. The van der Waals surface area contributed by atoms with Crippen molar-refractivity contribution in [3.05, 3.63) is 48.0 Å². The molecule has 0 radical (unpaired) electrons. The third kappa shape index (κ3) is 1.22. The van der Waals surface area contributed by atoms with Gasteiger partial charge in [-0.15, -0.1) is 0 Å². The molecule has 2 aromatic carbocycles. The van der Waals surface area contributed by atoms with Crippen LogP contribution in [0.1, 0.15) is 24.8 Å². The van der Waals surface area contributed by atoms with Gasteiger partial charge in [0.1, 0.15) is 5.78 Å². The highest BCUT2D eigenvalue weighted by molar-refractivity contribution is 5.87. The van der Waals surface area contributed by atoms with Crippen molar-refractivity contribution in [2.24, 2.45) is 5.92 Å². The van der Waals surface area contributed by atoms with Gasteiger partial charge in [-0.25, -0.2) is 0 Å². The molecule has 0 aromatic heterocycles. The topological polar surface area (TPSA) is 17.1 Å². The Morgan fingerprint density at radius 2 is 1.88 bits per heavy atom. The summed E-state index contributed by atoms with van der Waals surface area (Å²) >= 11 is 0. The highest BCUT2D eigenvalue weighted by Gasteiger charge is 2.60. The molecule has 0 amide bonds. The standard InChI is InChI=1S/C16H14O/c17-15-8-14-9-16(14,10-15)13-6-5-11-3-1-2-4-12(11)7-13/h1-7,14H,8-10H2. The molecule has 0 aliphatic heterocycles. The minimum atomic E-state index is 0.223. The van der Waals surface area contributed by atoms with Gasteiger partial charge in [0.15, 0.2) is 0 Å². The number of fused-ring (bicyclic) bond motifs is 2. The van der Waals surface area contributed by atoms with E-state index in [4.69, 9.17) is 0 Å². The van der Waals surface area contributed by atoms with Crippen LogP contribution in [0.4, 0.5) is 0 Å². The van der Waals surface area contributed by atoms with Crippen LogP contribution in [0, 0.1) is 5.92 Å². The fraction of sp³-hybridized carbons (Fsp3) is 0.312. The number of benzene rings is 2. The summed E-state index contributed by atoms with van der Waals surface area (Å²) in [6.07, 6.45) is 2.81. The van der Waals surface area contributed by atoms with Crippen molar-refractivity contribution < 1.29 is 4.79 Å². The van der Waals surface area contributed by atoms with E-state index in [-0.39, 0.29) is 5.41 Å². The number of carbonyl (C=O) groups excluding carboxylic acids is 1. The zero-order chi connectivity index (χ0) is 11.5. The molecule has 2 atom stereocenters. The smallest absolute Gasteiger partial charge is 0.134 e. The fourth-order valence-electron chi connectivity index (χ4n) is 3.52. The lowest BCUT2D eigenvalue weighted by Crippen LogP contribution is -2.07. The maximum Gasteiger partial charge on any atom is 0.134 e. The van der Waals surface area contributed by atoms with E-state index >= 15 is 0 Å². The van der Waals surface area contributed by atoms with Gasteiger partial charge in [-0.3, -0.25) is 4.79 Å². The van der Waals surface area contributed by atoms with Crippen LogP contribution in [0.25, 0.3) is 10.8 Å². The first-order valence-electron chi connectivity index (χ1n) is 6.29. The van der Waals surface area contributed by atoms with Crippen molar-refractivity contribution in [3.63, 3.8) is 0 Å². The summed E-state index contributed by atoms with van der Waals surface area (Å²) in [5.41, 5.74) is 1.60. The molecule has 84 valence electrons. The third-order valence-electron chi connectivity index (χ3n) is 4.54. The first kappa shape index (κ1) is 9.41. The quantitative estimate of drug-likeness (QED) is 0.722. The highest BCUT2D eigenvalue weighted by Crippen LogP contribution is 2.63. The van der Waals surface area contributed by atoms with Crippen LogP contribution in [0.5, 0.6) is 0 Å². The monoisotopic (exact) mass is 222 g/mol. The first-order valence-corrected chi connectivity index (χ1v) is 6.29. The van der Waals surface area contributed by atoms with Gasteiger partial charge in [-0.1, -0.05) is 42.5 Å². The molecule has 2 aromatic rings. The molecule has 4 rings (SSSR count). The van der Waals surface area contributed by atoms with Crippen molar-refractivity contribution in [1.82, 2.24) is 0 Å². The van der Waals surface area contributed by atoms with Crippen molar-refractivity contribution in [2.75, 3.05) is 0 Å². The zero-order valence-corrected chi connectivity index (χ0v) is 9.65. The van der Waals surface area contributed by atoms with E-state index in [1.54, 1.807) is 0 Å². The fourth-order valence-corrected chi connectivity index (χ4v) is 3.52. The predicted octanol–water partition coefficient (Wildman–Crippen LogP) is 3.46. The largest absolute Gasteiger partial charge is 0.300 e. The van der Waals surface area contributed by atoms with Crippen LogP contribution in [-0.4, -0.2) is 5.78 Å². The van der Waals surface area contributed by atoms with Gasteiger partial charge in [0, 0.05) is 18.3 Å². The van der Waals surface area contributed by atoms with Gasteiger partial charge >= 0.3 is 0 Å². The Hall–Kier alpha value is -1.63. The second kappa shape index (κ2) is 2.98. The van der Waals surface area contributed by atoms with E-state index in [9.17, 15) is 4.79 Å². The SMILES string of the molecule is O=C1CC2CC2(c2ccc3ccccc3c2)C1. The molecule has 0 spiro atoms. The highest BCUT2D eigenvalue weighted by atomic mass is 16.1. The molecular formula is C16H14O. The van der Waals surface area contributed by atoms with Crippen molar-refractivity contribution >= 4 is 16.6 Å². The minimum Gasteiger partial charge on any atom is -0.300 e. The summed E-state index contributed by atoms with van der Waals surface area (Å²) in [6, 6.07) is 15.1. The van der Waals surface area contributed by atoms with E-state index < -0.39 is 0 Å². The van der Waals surface area contributed by atoms with E-state index in [2.05, 4.69) is 42.5 Å². The van der Waals surface area contributed by atoms with Gasteiger partial charge < -0.3 is 0 Å². The van der Waals surface area contributed by atoms with Gasteiger partial charge in [-0.2, -0.15) is 0 Å². The molecule has 0 saturated heterocycles. The van der Waals surface area contributed by atoms with Crippen molar-refractivity contribution in [1.29, 1.82) is 0 Å². The van der Waals surface area contributed by atoms with Crippen molar-refractivity contribution in [3.8, 4) is 0 Å². The number of carbonyl (C=O) groups is 1. The average Bonchev–Trinajstić information content (AvgIpc) is 2.93. The summed E-state index contributed by atoms with van der Waals surface area (Å²) in [5, 5.41) is 2.58. The Morgan fingerprint density at radius 3 is 2.65 bits per heavy atom. The molecule has 2 aliphatic rings. The van der Waals surface area contributed by atoms with E-state index in [1.807, 2.05) is 0 Å². The molecule has 17 heavy (non-hydrogen) atoms. The van der Waals surface area contributed by atoms with Crippen LogP contribution in [0.3, 0.4) is 0 Å². The lowest BCUT2D eigenvalue weighted by atomic mass is 9.91. The maximum atomic E-state index is 11.5. The van der Waals surface area contributed by atoms with Crippen LogP contribution >= 0.6 is 0 Å². The molecule has 2 fully saturated rings. The molecule has 2 aliphatic carbocycles. The molecule has 1 nitrogen and oxygen atoms in total. The van der Waals surface area contributed by atoms with Crippen LogP contribution in [-0.2, 0) is 10.2 Å². The number of rotatable bonds is 1. The first-order chi connectivity index (χ1) is 8.28. The second-order valence-corrected chi connectivity index (χ2v) is 5.54. The summed E-state index contributed by atoms with van der Waals surface area (Å²) < 4.78 is 0. The minimum absolute atomic E-state index is 0.223. The normalized spacial score (nSPS) is 30.6. The predicted molar refractivity (Wildman–Crippen MR) is 68.0 cm³/mol. The summed E-state index contributed by atoms with van der Waals surface area (Å²) in [5.74, 6) is 1.09. The van der Waals surface area contributed by atoms with Gasteiger partial charge in [-0.05, 0) is 28.7 Å². The van der Waals surface area contributed by atoms with Crippen LogP contribution < -0.4 is 0 Å². The van der Waals surface area contributed by atoms with Gasteiger partial charge in [0.05, 0.1) is 0 Å². The summed E-state index contributed by atoms with van der Waals surface area (Å²) in [7, 11) is 0. The number of hydrogen-bond donors (Lipinski definition) is 0. The van der Waals surface area contributed by atoms with Crippen LogP contribution in [0.2, 0.25) is 0 Å². The molecule has 0 heterocycles. The van der Waals surface area contributed by atoms with Crippen molar-refractivity contribution in [2.45, 2.75) is 24.7 Å². The van der Waals surface area contributed by atoms with Gasteiger partial charge in [0.25, 0.3) is 0 Å². The van der Waals surface area contributed by atoms with E-state index in [0.29, 0.717) is 11.7 Å². The Bertz CT molecular complexity index is 628. The molecule has 2 unspecified atom stereocenters. The molecule has 0 bridgehead atoms.